The van der Waals surface area contributed by atoms with Crippen LogP contribution in [0.1, 0.15) is 31.9 Å². The molecule has 0 aliphatic heterocycles. The number of carbonyl (C=O) groups is 1. The zero-order chi connectivity index (χ0) is 30.3. The van der Waals surface area contributed by atoms with E-state index in [1.54, 1.807) is 87.5 Å². The molecule has 10 heteroatoms. The van der Waals surface area contributed by atoms with E-state index in [9.17, 15) is 13.2 Å². The molecule has 42 heavy (non-hydrogen) atoms. The monoisotopic (exact) mass is 585 g/mol. The van der Waals surface area contributed by atoms with E-state index in [4.69, 9.17) is 10.9 Å². The molecule has 1 amide bonds. The third-order valence-corrected chi connectivity index (χ3v) is 8.08. The Morgan fingerprint density at radius 2 is 1.57 bits per heavy atom. The molecule has 4 aromatic rings. The lowest BCUT2D eigenvalue weighted by molar-refractivity contribution is -0.115. The molecule has 0 heterocycles. The smallest absolute Gasteiger partial charge is 0.243 e. The van der Waals surface area contributed by atoms with Gasteiger partial charge in [0.15, 0.2) is 5.84 Å². The van der Waals surface area contributed by atoms with Crippen molar-refractivity contribution in [2.75, 3.05) is 16.8 Å². The quantitative estimate of drug-likeness (QED) is 0.0877. The van der Waals surface area contributed by atoms with Crippen LogP contribution in [0.4, 0.5) is 11.4 Å². The Morgan fingerprint density at radius 1 is 0.905 bits per heavy atom. The molecule has 0 aliphatic carbocycles. The number of hydrogen-bond acceptors (Lipinski definition) is 6. The Morgan fingerprint density at radius 3 is 2.24 bits per heavy atom. The zero-order valence-electron chi connectivity index (χ0n) is 23.8. The third-order valence-electron chi connectivity index (χ3n) is 6.26. The number of nitrogens with one attached hydrogen (secondary N) is 2. The minimum Gasteiger partial charge on any atom is -0.409 e. The van der Waals surface area contributed by atoms with Crippen LogP contribution in [-0.4, -0.2) is 37.5 Å². The highest BCUT2D eigenvalue weighted by Gasteiger charge is 2.24. The van der Waals surface area contributed by atoms with Gasteiger partial charge < -0.3 is 21.2 Å². The van der Waals surface area contributed by atoms with Gasteiger partial charge in [0.25, 0.3) is 0 Å². The lowest BCUT2D eigenvalue weighted by atomic mass is 10.1. The summed E-state index contributed by atoms with van der Waals surface area (Å²) < 4.78 is 28.9. The topological polar surface area (TPSA) is 137 Å². The molecular weight excluding hydrogens is 550 g/mol. The van der Waals surface area contributed by atoms with Crippen LogP contribution in [0.15, 0.2) is 113 Å². The predicted octanol–water partition coefficient (Wildman–Crippen LogP) is 5.17. The second-order valence-corrected chi connectivity index (χ2v) is 12.5. The van der Waals surface area contributed by atoms with E-state index in [0.29, 0.717) is 28.9 Å². The number of benzene rings is 4. The number of amidine groups is 1. The number of sulfonamides is 1. The molecule has 0 bridgehead atoms. The van der Waals surface area contributed by atoms with Crippen molar-refractivity contribution < 1.29 is 18.4 Å². The number of carbonyl (C=O) groups excluding carboxylic acids is 1. The van der Waals surface area contributed by atoms with Gasteiger partial charge in [-0.2, -0.15) is 0 Å². The Balaban J connectivity index is 1.54. The van der Waals surface area contributed by atoms with Gasteiger partial charge >= 0.3 is 0 Å². The second kappa shape index (κ2) is 12.9. The number of hydrogen-bond donors (Lipinski definition) is 4. The SMILES string of the molecule is CC(C)(C)NS(=O)(=O)c1ccccc1-c1ccc(NC(=O)CN(Cc2ccccc2)c2cccc(/C(N)=N/O)c2)cc1. The fourth-order valence-electron chi connectivity index (χ4n) is 4.47. The van der Waals surface area contributed by atoms with Gasteiger partial charge in [-0.15, -0.1) is 0 Å². The summed E-state index contributed by atoms with van der Waals surface area (Å²) in [5.41, 5.74) is 9.28. The molecule has 0 saturated heterocycles. The highest BCUT2D eigenvalue weighted by Crippen LogP contribution is 2.29. The molecular formula is C32H35N5O4S. The van der Waals surface area contributed by atoms with Crippen LogP contribution < -0.4 is 20.7 Å². The minimum atomic E-state index is -3.76. The second-order valence-electron chi connectivity index (χ2n) is 10.9. The van der Waals surface area contributed by atoms with E-state index >= 15 is 0 Å². The van der Waals surface area contributed by atoms with E-state index in [1.165, 1.54) is 0 Å². The molecule has 0 fully saturated rings. The average Bonchev–Trinajstić information content (AvgIpc) is 2.96. The summed E-state index contributed by atoms with van der Waals surface area (Å²) >= 11 is 0. The van der Waals surface area contributed by atoms with Gasteiger partial charge in [0.1, 0.15) is 0 Å². The average molecular weight is 586 g/mol. The molecule has 0 aliphatic rings. The molecule has 4 rings (SSSR count). The Kier molecular flexibility index (Phi) is 9.29. The van der Waals surface area contributed by atoms with Crippen LogP contribution in [0.25, 0.3) is 11.1 Å². The van der Waals surface area contributed by atoms with E-state index < -0.39 is 15.6 Å². The van der Waals surface area contributed by atoms with Crippen LogP contribution >= 0.6 is 0 Å². The number of nitrogens with two attached hydrogens (primary N) is 1. The van der Waals surface area contributed by atoms with E-state index in [1.807, 2.05) is 41.3 Å². The zero-order valence-corrected chi connectivity index (χ0v) is 24.6. The van der Waals surface area contributed by atoms with Crippen molar-refractivity contribution >= 4 is 33.1 Å². The first-order chi connectivity index (χ1) is 19.9. The maximum absolute atomic E-state index is 13.2. The summed E-state index contributed by atoms with van der Waals surface area (Å²) in [5.74, 6) is -0.269. The van der Waals surface area contributed by atoms with Crippen LogP contribution in [0, 0.1) is 0 Å². The fourth-order valence-corrected chi connectivity index (χ4v) is 6.12. The third kappa shape index (κ3) is 7.96. The summed E-state index contributed by atoms with van der Waals surface area (Å²) in [7, 11) is -3.76. The molecule has 218 valence electrons. The lowest BCUT2D eigenvalue weighted by Crippen LogP contribution is -2.40. The molecule has 0 aromatic heterocycles. The Hall–Kier alpha value is -4.67. The molecule has 0 radical (unpaired) electrons. The van der Waals surface area contributed by atoms with Crippen molar-refractivity contribution in [2.24, 2.45) is 10.9 Å². The number of oxime groups is 1. The number of rotatable bonds is 10. The first-order valence-electron chi connectivity index (χ1n) is 13.4. The number of nitrogens with zero attached hydrogens (tertiary/aromatic N) is 2. The van der Waals surface area contributed by atoms with Crippen LogP contribution in [0.2, 0.25) is 0 Å². The highest BCUT2D eigenvalue weighted by atomic mass is 32.2. The molecule has 0 unspecified atom stereocenters. The lowest BCUT2D eigenvalue weighted by Gasteiger charge is -2.25. The summed E-state index contributed by atoms with van der Waals surface area (Å²) in [6, 6.07) is 30.8. The summed E-state index contributed by atoms with van der Waals surface area (Å²) in [6.07, 6.45) is 0. The first kappa shape index (κ1) is 30.3. The van der Waals surface area contributed by atoms with Crippen molar-refractivity contribution in [3.63, 3.8) is 0 Å². The number of anilines is 2. The van der Waals surface area contributed by atoms with Crippen LogP contribution in [0.5, 0.6) is 0 Å². The van der Waals surface area contributed by atoms with Gasteiger partial charge in [-0.3, -0.25) is 4.79 Å². The van der Waals surface area contributed by atoms with Crippen molar-refractivity contribution in [1.82, 2.24) is 4.72 Å². The molecule has 0 saturated carbocycles. The van der Waals surface area contributed by atoms with Gasteiger partial charge in [-0.25, -0.2) is 13.1 Å². The standard InChI is InChI=1S/C32H35N5O4S/c1-32(2,3)36-42(40,41)29-15-8-7-14-28(29)24-16-18-26(19-17-24)34-30(38)22-37(21-23-10-5-4-6-11-23)27-13-9-12-25(20-27)31(33)35-39/h4-20,36,39H,21-22H2,1-3H3,(H2,33,35)(H,34,38). The number of amides is 1. The van der Waals surface area contributed by atoms with Crippen molar-refractivity contribution in [3.05, 3.63) is 114 Å². The largest absolute Gasteiger partial charge is 0.409 e. The molecule has 0 atom stereocenters. The summed E-state index contributed by atoms with van der Waals surface area (Å²) in [6.45, 7) is 5.87. The van der Waals surface area contributed by atoms with Crippen molar-refractivity contribution in [1.29, 1.82) is 0 Å². The van der Waals surface area contributed by atoms with Crippen LogP contribution in [0.3, 0.4) is 0 Å². The Labute approximate surface area is 246 Å². The summed E-state index contributed by atoms with van der Waals surface area (Å²) in [4.78, 5) is 15.3. The molecule has 9 nitrogen and oxygen atoms in total. The van der Waals surface area contributed by atoms with Gasteiger partial charge in [0.2, 0.25) is 15.9 Å². The van der Waals surface area contributed by atoms with E-state index in [-0.39, 0.29) is 23.2 Å². The molecule has 0 spiro atoms. The van der Waals surface area contributed by atoms with E-state index in [2.05, 4.69) is 15.2 Å². The maximum Gasteiger partial charge on any atom is 0.243 e. The van der Waals surface area contributed by atoms with E-state index in [0.717, 1.165) is 11.3 Å². The first-order valence-corrected chi connectivity index (χ1v) is 14.8. The van der Waals surface area contributed by atoms with Gasteiger partial charge in [0, 0.05) is 34.6 Å². The molecule has 5 N–H and O–H groups in total. The van der Waals surface area contributed by atoms with Gasteiger partial charge in [-0.1, -0.05) is 78.0 Å². The van der Waals surface area contributed by atoms with Crippen LogP contribution in [-0.2, 0) is 21.4 Å². The molecule has 4 aromatic carbocycles. The fraction of sp³-hybridized carbons (Fsp3) is 0.188. The van der Waals surface area contributed by atoms with Gasteiger partial charge in [0.05, 0.1) is 11.4 Å². The van der Waals surface area contributed by atoms with Crippen molar-refractivity contribution in [2.45, 2.75) is 37.8 Å². The summed E-state index contributed by atoms with van der Waals surface area (Å²) in [5, 5.41) is 15.1. The minimum absolute atomic E-state index is 0.0235. The highest BCUT2D eigenvalue weighted by molar-refractivity contribution is 7.89. The van der Waals surface area contributed by atoms with Crippen molar-refractivity contribution in [3.8, 4) is 11.1 Å². The normalized spacial score (nSPS) is 12.1. The van der Waals surface area contributed by atoms with Gasteiger partial charge in [-0.05, 0) is 62.2 Å². The predicted molar refractivity (Wildman–Crippen MR) is 167 cm³/mol. The Bertz CT molecular complexity index is 1670. The maximum atomic E-state index is 13.2.